The molecule has 0 fully saturated rings. The van der Waals surface area contributed by atoms with E-state index < -0.39 is 0 Å². The van der Waals surface area contributed by atoms with Crippen LogP contribution >= 0.6 is 0 Å². The van der Waals surface area contributed by atoms with Crippen molar-refractivity contribution in [3.8, 4) is 0 Å². The second-order valence-corrected chi connectivity index (χ2v) is 0. The summed E-state index contributed by atoms with van der Waals surface area (Å²) in [4.78, 5) is 0. The Kier molecular flexibility index (Phi) is 714. The molecule has 0 saturated heterocycles. The van der Waals surface area contributed by atoms with E-state index in [-0.39, 0.29) is 0 Å². The first-order chi connectivity index (χ1) is 2.00. The minimum absolute atomic E-state index is 0.611. The second kappa shape index (κ2) is 322. The molecule has 0 aliphatic rings. The van der Waals surface area contributed by atoms with E-state index in [1.807, 2.05) is 0 Å². The first-order valence-electron chi connectivity index (χ1n) is 0.458. The van der Waals surface area contributed by atoms with E-state index in [0.717, 1.165) is 0 Å². The molecule has 0 spiro atoms. The van der Waals surface area contributed by atoms with E-state index in [1.54, 1.807) is 0 Å². The Hall–Kier alpha value is 0.222. The molecular formula is H2AlFO2. The average Bonchev–Trinajstić information content (AvgIpc) is 1.50. The molecule has 24 valence electrons. The first-order valence-corrected chi connectivity index (χ1v) is 1.04. The topological polar surface area (TPSA) is 37.3 Å². The summed E-state index contributed by atoms with van der Waals surface area (Å²) >= 11 is 0.611. The summed E-state index contributed by atoms with van der Waals surface area (Å²) < 4.78 is 16.8. The summed E-state index contributed by atoms with van der Waals surface area (Å²) in [6, 6.07) is 0. The molecular weight excluding hydrogens is 78.0 g/mol. The third-order valence-electron chi connectivity index (χ3n) is 0. The predicted molar refractivity (Wildman–Crippen MR) is 11.2 cm³/mol. The fraction of sp³-hybridized carbons (Fsp3) is 0. The Labute approximate surface area is 30.8 Å². The average molecular weight is 80.0 g/mol. The van der Waals surface area contributed by atoms with Crippen LogP contribution in [0.3, 0.4) is 0 Å². The Bertz CT molecular complexity index is 6.00. The monoisotopic (exact) mass is 80.0 g/mol. The van der Waals surface area contributed by atoms with Crippen molar-refractivity contribution in [2.45, 2.75) is 0 Å². The number of halogens is 1. The first kappa shape index (κ1) is 8.88. The summed E-state index contributed by atoms with van der Waals surface area (Å²) in [5.41, 5.74) is 0. The summed E-state index contributed by atoms with van der Waals surface area (Å²) in [7, 11) is 0. The standard InChI is InChI=1S/Al.FHO.O.H/c;1-2;;/h;2H;;. The van der Waals surface area contributed by atoms with E-state index in [9.17, 15) is 0 Å². The molecule has 0 bridgehead atoms. The van der Waals surface area contributed by atoms with Crippen LogP contribution in [0.5, 0.6) is 0 Å². The molecule has 0 aromatic carbocycles. The molecule has 0 aromatic rings. The molecule has 0 aliphatic heterocycles. The molecule has 0 radical (unpaired) electrons. The van der Waals surface area contributed by atoms with Gasteiger partial charge in [0.1, 0.15) is 0 Å². The van der Waals surface area contributed by atoms with Crippen molar-refractivity contribution in [2.75, 3.05) is 0 Å². The molecule has 0 atom stereocenters. The predicted octanol–water partition coefficient (Wildman–Crippen LogP) is -0.904. The van der Waals surface area contributed by atoms with Gasteiger partial charge in [-0.1, -0.05) is 4.53 Å². The quantitative estimate of drug-likeness (QED) is 0.383. The molecule has 4 heavy (non-hydrogen) atoms. The van der Waals surface area contributed by atoms with E-state index in [4.69, 9.17) is 13.6 Å². The molecule has 4 heteroatoms. The third-order valence-corrected chi connectivity index (χ3v) is 0. The van der Waals surface area contributed by atoms with Crippen LogP contribution in [-0.2, 0) is 3.80 Å². The van der Waals surface area contributed by atoms with Gasteiger partial charge in [-0.05, 0) is 0 Å². The molecule has 0 amide bonds. The Morgan fingerprint density at radius 2 is 1.50 bits per heavy atom. The molecule has 0 heterocycles. The van der Waals surface area contributed by atoms with Crippen molar-refractivity contribution in [1.82, 2.24) is 0 Å². The molecule has 0 aromatic heterocycles. The van der Waals surface area contributed by atoms with E-state index in [1.165, 1.54) is 0 Å². The Morgan fingerprint density at radius 1 is 1.50 bits per heavy atom. The van der Waals surface area contributed by atoms with Crippen LogP contribution in [0.1, 0.15) is 0 Å². The number of hydrogen-bond acceptors (Lipinski definition) is 2. The van der Waals surface area contributed by atoms with Crippen molar-refractivity contribution in [1.29, 1.82) is 0 Å². The van der Waals surface area contributed by atoms with Gasteiger partial charge in [-0.3, -0.25) is 0 Å². The normalized spacial score (nSPS) is 2.25. The van der Waals surface area contributed by atoms with Gasteiger partial charge in [-0.2, -0.15) is 0 Å². The van der Waals surface area contributed by atoms with Gasteiger partial charge in [-0.15, -0.1) is 0 Å². The summed E-state index contributed by atoms with van der Waals surface area (Å²) in [6.45, 7) is 0. The summed E-state index contributed by atoms with van der Waals surface area (Å²) in [5.74, 6) is 0. The molecule has 0 unspecified atom stereocenters. The fourth-order valence-electron chi connectivity index (χ4n) is 0. The zero-order chi connectivity index (χ0) is 4.00. The van der Waals surface area contributed by atoms with Crippen LogP contribution < -0.4 is 0 Å². The Balaban J connectivity index is 0. The van der Waals surface area contributed by atoms with Gasteiger partial charge >= 0.3 is 20.0 Å². The van der Waals surface area contributed by atoms with Gasteiger partial charge in [-0.25, -0.2) is 5.31 Å². The van der Waals surface area contributed by atoms with E-state index in [0.29, 0.717) is 16.2 Å². The van der Waals surface area contributed by atoms with Gasteiger partial charge in [0.05, 0.1) is 0 Å². The number of hydrogen-bond donors (Lipinski definition) is 1. The molecule has 2 nitrogen and oxygen atoms in total. The third kappa shape index (κ3) is 67.1. The van der Waals surface area contributed by atoms with Crippen LogP contribution in [0, 0.1) is 0 Å². The van der Waals surface area contributed by atoms with E-state index >= 15 is 0 Å². The molecule has 0 rings (SSSR count). The van der Waals surface area contributed by atoms with Gasteiger partial charge in [0, 0.05) is 0 Å². The van der Waals surface area contributed by atoms with Crippen molar-refractivity contribution >= 4 is 16.2 Å². The second-order valence-electron chi connectivity index (χ2n) is 0. The van der Waals surface area contributed by atoms with Crippen molar-refractivity contribution in [2.24, 2.45) is 0 Å². The van der Waals surface area contributed by atoms with Crippen LogP contribution in [0.4, 0.5) is 4.53 Å². The number of rotatable bonds is 0. The van der Waals surface area contributed by atoms with Gasteiger partial charge in [0.2, 0.25) is 0 Å². The van der Waals surface area contributed by atoms with Crippen molar-refractivity contribution in [3.63, 3.8) is 0 Å². The summed E-state index contributed by atoms with van der Waals surface area (Å²) in [6.07, 6.45) is 0. The van der Waals surface area contributed by atoms with Gasteiger partial charge < -0.3 is 0 Å². The zero-order valence-electron chi connectivity index (χ0n) is 1.94. The Morgan fingerprint density at radius 3 is 1.50 bits per heavy atom. The minimum atomic E-state index is 0.611. The van der Waals surface area contributed by atoms with Crippen LogP contribution in [0.15, 0.2) is 0 Å². The maximum absolute atomic E-state index is 8.50. The van der Waals surface area contributed by atoms with Crippen molar-refractivity contribution < 1.29 is 13.6 Å². The zero-order valence-corrected chi connectivity index (χ0v) is 3.35. The SMILES string of the molecule is OF.[O]=[AlH]. The molecule has 0 saturated carbocycles. The molecule has 1 N–H and O–H groups in total. The van der Waals surface area contributed by atoms with Crippen LogP contribution in [0.2, 0.25) is 0 Å². The van der Waals surface area contributed by atoms with Gasteiger partial charge in [0.15, 0.2) is 0 Å². The summed E-state index contributed by atoms with van der Waals surface area (Å²) in [5, 5.41) is 5.50. The van der Waals surface area contributed by atoms with Crippen LogP contribution in [0.25, 0.3) is 0 Å². The van der Waals surface area contributed by atoms with Crippen molar-refractivity contribution in [3.05, 3.63) is 0 Å². The molecule has 0 aliphatic carbocycles. The van der Waals surface area contributed by atoms with Crippen LogP contribution in [-0.4, -0.2) is 21.5 Å². The maximum atomic E-state index is 8.50. The van der Waals surface area contributed by atoms with Gasteiger partial charge in [0.25, 0.3) is 0 Å². The van der Waals surface area contributed by atoms with E-state index in [2.05, 4.69) is 0 Å². The fourth-order valence-corrected chi connectivity index (χ4v) is 0.